The zero-order valence-electron chi connectivity index (χ0n) is 22.5. The number of hydrogen-bond acceptors (Lipinski definition) is 6. The van der Waals surface area contributed by atoms with E-state index in [1.165, 1.54) is 17.8 Å². The molecule has 0 unspecified atom stereocenters. The van der Waals surface area contributed by atoms with E-state index in [4.69, 9.17) is 4.74 Å². The van der Waals surface area contributed by atoms with Gasteiger partial charge in [-0.05, 0) is 38.1 Å². The number of thioether (sulfide) groups is 1. The summed E-state index contributed by atoms with van der Waals surface area (Å²) < 4.78 is 79.8. The molecule has 1 fully saturated rings. The SMILES string of the molecule is C=CC(=O)N1[C@H](C)CN(c2nc(=O)n3c4c(c(-c5ccc(F)cc5F)c(C(F)(F)F)cc24)SC[C@@H](OC)C3)C[C@@H]1C. The molecule has 0 aliphatic carbocycles. The Morgan fingerprint density at radius 1 is 1.15 bits per heavy atom. The van der Waals surface area contributed by atoms with Crippen LogP contribution in [-0.4, -0.2) is 64.5 Å². The number of piperazine rings is 1. The van der Waals surface area contributed by atoms with Crippen molar-refractivity contribution in [2.45, 2.75) is 49.7 Å². The third-order valence-corrected chi connectivity index (χ3v) is 8.71. The first-order valence-corrected chi connectivity index (χ1v) is 13.8. The van der Waals surface area contributed by atoms with E-state index in [0.717, 1.165) is 30.0 Å². The smallest absolute Gasteiger partial charge is 0.379 e. The number of benzene rings is 2. The third kappa shape index (κ3) is 5.09. The number of methoxy groups -OCH3 is 1. The van der Waals surface area contributed by atoms with Crippen LogP contribution < -0.4 is 10.6 Å². The van der Waals surface area contributed by atoms with Crippen LogP contribution in [-0.2, 0) is 22.3 Å². The monoisotopic (exact) mass is 594 g/mol. The van der Waals surface area contributed by atoms with Crippen LogP contribution >= 0.6 is 11.8 Å². The molecule has 5 rings (SSSR count). The molecule has 3 aromatic rings. The van der Waals surface area contributed by atoms with Crippen molar-refractivity contribution < 1.29 is 31.5 Å². The average Bonchev–Trinajstić information content (AvgIpc) is 3.10. The minimum atomic E-state index is -4.93. The lowest BCUT2D eigenvalue weighted by molar-refractivity contribution is -0.137. The quantitative estimate of drug-likeness (QED) is 0.310. The van der Waals surface area contributed by atoms with E-state index in [-0.39, 0.29) is 65.0 Å². The van der Waals surface area contributed by atoms with E-state index in [0.29, 0.717) is 6.07 Å². The maximum absolute atomic E-state index is 15.1. The molecule has 1 amide bonds. The molecule has 1 aromatic heterocycles. The predicted molar refractivity (Wildman–Crippen MR) is 146 cm³/mol. The molecule has 7 nitrogen and oxygen atoms in total. The van der Waals surface area contributed by atoms with Crippen molar-refractivity contribution in [1.29, 1.82) is 0 Å². The summed E-state index contributed by atoms with van der Waals surface area (Å²) in [5.41, 5.74) is -2.58. The maximum atomic E-state index is 15.1. The second-order valence-electron chi connectivity index (χ2n) is 10.2. The molecule has 218 valence electrons. The van der Waals surface area contributed by atoms with Crippen LogP contribution in [0.5, 0.6) is 0 Å². The van der Waals surface area contributed by atoms with Crippen molar-refractivity contribution in [3.8, 4) is 11.1 Å². The Morgan fingerprint density at radius 3 is 2.41 bits per heavy atom. The first kappa shape index (κ1) is 29.1. The number of hydrogen-bond donors (Lipinski definition) is 0. The van der Waals surface area contributed by atoms with Gasteiger partial charge in [-0.1, -0.05) is 6.58 Å². The second-order valence-corrected chi connectivity index (χ2v) is 11.2. The van der Waals surface area contributed by atoms with Gasteiger partial charge in [0.2, 0.25) is 5.91 Å². The molecular formula is C28H27F5N4O3S. The topological polar surface area (TPSA) is 67.7 Å². The summed E-state index contributed by atoms with van der Waals surface area (Å²) in [7, 11) is 1.43. The van der Waals surface area contributed by atoms with Crippen molar-refractivity contribution in [1.82, 2.24) is 14.5 Å². The van der Waals surface area contributed by atoms with Crippen LogP contribution in [0.4, 0.5) is 27.8 Å². The van der Waals surface area contributed by atoms with Gasteiger partial charge < -0.3 is 14.5 Å². The number of carbonyl (C=O) groups is 1. The number of alkyl halides is 3. The zero-order chi connectivity index (χ0) is 29.8. The molecule has 2 aromatic carbocycles. The molecule has 0 N–H and O–H groups in total. The number of nitrogens with zero attached hydrogens (tertiary/aromatic N) is 4. The number of carbonyl (C=O) groups excluding carboxylic acids is 1. The molecule has 3 atom stereocenters. The lowest BCUT2D eigenvalue weighted by Crippen LogP contribution is -2.58. The Bertz CT molecular complexity index is 1600. The normalized spacial score (nSPS) is 21.2. The molecule has 0 saturated carbocycles. The number of amides is 1. The Hall–Kier alpha value is -3.45. The molecule has 2 aliphatic heterocycles. The van der Waals surface area contributed by atoms with Crippen LogP contribution in [0.25, 0.3) is 22.0 Å². The van der Waals surface area contributed by atoms with Crippen LogP contribution in [0, 0.1) is 11.6 Å². The second kappa shape index (κ2) is 10.8. The fraction of sp³-hybridized carbons (Fsp3) is 0.393. The van der Waals surface area contributed by atoms with Crippen molar-refractivity contribution >= 4 is 34.4 Å². The molecule has 41 heavy (non-hydrogen) atoms. The Morgan fingerprint density at radius 2 is 1.83 bits per heavy atom. The van der Waals surface area contributed by atoms with E-state index in [9.17, 15) is 27.2 Å². The van der Waals surface area contributed by atoms with Gasteiger partial charge in [-0.15, -0.1) is 11.8 Å². The van der Waals surface area contributed by atoms with Crippen LogP contribution in [0.15, 0.2) is 46.6 Å². The maximum Gasteiger partial charge on any atom is 0.417 e. The summed E-state index contributed by atoms with van der Waals surface area (Å²) in [4.78, 5) is 33.5. The highest BCUT2D eigenvalue weighted by molar-refractivity contribution is 7.99. The lowest BCUT2D eigenvalue weighted by Gasteiger charge is -2.44. The summed E-state index contributed by atoms with van der Waals surface area (Å²) in [6.07, 6.45) is -4.27. The Balaban J connectivity index is 1.83. The van der Waals surface area contributed by atoms with Gasteiger partial charge in [-0.25, -0.2) is 13.6 Å². The summed E-state index contributed by atoms with van der Waals surface area (Å²) >= 11 is 1.02. The standard InChI is InChI=1S/C28H27F5N4O3S/c1-5-22(38)37-14(2)10-35(11-15(37)3)26-19-9-20(28(31,32)33)23(18-7-6-16(29)8-21(18)30)25-24(19)36(27(39)34-26)12-17(40-4)13-41-25/h5-9,14-15,17H,1,10-13H2,2-4H3/t14-,15+,17-/m0/s1. The van der Waals surface area contributed by atoms with Gasteiger partial charge in [0, 0.05) is 65.5 Å². The summed E-state index contributed by atoms with van der Waals surface area (Å²) in [5.74, 6) is -2.15. The van der Waals surface area contributed by atoms with E-state index < -0.39 is 46.3 Å². The van der Waals surface area contributed by atoms with Crippen molar-refractivity contribution in [3.63, 3.8) is 0 Å². The van der Waals surface area contributed by atoms with E-state index in [1.807, 2.05) is 0 Å². The van der Waals surface area contributed by atoms with E-state index >= 15 is 4.39 Å². The number of aromatic nitrogens is 2. The number of ether oxygens (including phenoxy) is 1. The third-order valence-electron chi connectivity index (χ3n) is 7.49. The molecule has 1 saturated heterocycles. The van der Waals surface area contributed by atoms with E-state index in [2.05, 4.69) is 11.6 Å². The summed E-state index contributed by atoms with van der Waals surface area (Å²) in [6.45, 7) is 7.55. The Kier molecular flexibility index (Phi) is 7.62. The highest BCUT2D eigenvalue weighted by atomic mass is 32.2. The molecule has 0 spiro atoms. The van der Waals surface area contributed by atoms with Gasteiger partial charge >= 0.3 is 11.9 Å². The minimum absolute atomic E-state index is 0.0181. The van der Waals surface area contributed by atoms with Crippen molar-refractivity contribution in [2.75, 3.05) is 30.9 Å². The first-order chi connectivity index (χ1) is 19.3. The highest BCUT2D eigenvalue weighted by Gasteiger charge is 2.40. The highest BCUT2D eigenvalue weighted by Crippen LogP contribution is 2.49. The minimum Gasteiger partial charge on any atom is -0.379 e. The zero-order valence-corrected chi connectivity index (χ0v) is 23.3. The molecule has 0 bridgehead atoms. The van der Waals surface area contributed by atoms with Gasteiger partial charge in [-0.3, -0.25) is 9.36 Å². The number of rotatable bonds is 4. The molecule has 0 radical (unpaired) electrons. The van der Waals surface area contributed by atoms with Crippen LogP contribution in [0.1, 0.15) is 19.4 Å². The molecule has 13 heteroatoms. The fourth-order valence-electron chi connectivity index (χ4n) is 5.74. The van der Waals surface area contributed by atoms with Gasteiger partial charge in [0.15, 0.2) is 0 Å². The largest absolute Gasteiger partial charge is 0.417 e. The fourth-order valence-corrected chi connectivity index (χ4v) is 7.05. The summed E-state index contributed by atoms with van der Waals surface area (Å²) in [6, 6.07) is 2.57. The summed E-state index contributed by atoms with van der Waals surface area (Å²) in [5, 5.41) is 0.0605. The molecular weight excluding hydrogens is 567 g/mol. The van der Waals surface area contributed by atoms with Crippen LogP contribution in [0.3, 0.4) is 0 Å². The van der Waals surface area contributed by atoms with Gasteiger partial charge in [0.25, 0.3) is 0 Å². The van der Waals surface area contributed by atoms with Crippen LogP contribution in [0.2, 0.25) is 0 Å². The molecule has 2 aliphatic rings. The van der Waals surface area contributed by atoms with Gasteiger partial charge in [0.05, 0.1) is 23.7 Å². The molecule has 3 heterocycles. The van der Waals surface area contributed by atoms with Gasteiger partial charge in [0.1, 0.15) is 17.5 Å². The average molecular weight is 595 g/mol. The lowest BCUT2D eigenvalue weighted by atomic mass is 9.95. The first-order valence-electron chi connectivity index (χ1n) is 12.8. The van der Waals surface area contributed by atoms with Crippen molar-refractivity contribution in [3.05, 3.63) is 64.6 Å². The predicted octanol–water partition coefficient (Wildman–Crippen LogP) is 5.09. The van der Waals surface area contributed by atoms with Gasteiger partial charge in [-0.2, -0.15) is 18.2 Å². The van der Waals surface area contributed by atoms with Crippen molar-refractivity contribution in [2.24, 2.45) is 0 Å². The van der Waals surface area contributed by atoms with E-state index in [1.54, 1.807) is 23.6 Å². The Labute approximate surface area is 236 Å². The number of anilines is 1. The number of halogens is 5.